The maximum atomic E-state index is 14.2. The van der Waals surface area contributed by atoms with Gasteiger partial charge >= 0.3 is 0 Å². The second-order valence-electron chi connectivity index (χ2n) is 8.25. The molecule has 176 valence electrons. The average molecular weight is 500 g/mol. The third-order valence-electron chi connectivity index (χ3n) is 5.69. The minimum atomic E-state index is -3.87. The van der Waals surface area contributed by atoms with E-state index in [0.717, 1.165) is 21.6 Å². The highest BCUT2D eigenvalue weighted by atomic mass is 32.2. The first-order valence-electron chi connectivity index (χ1n) is 11.3. The highest BCUT2D eigenvalue weighted by Gasteiger charge is 2.31. The lowest BCUT2D eigenvalue weighted by Gasteiger charge is -2.22. The average Bonchev–Trinajstić information content (AvgIpc) is 3.56. The van der Waals surface area contributed by atoms with E-state index in [1.165, 1.54) is 11.3 Å². The van der Waals surface area contributed by atoms with Gasteiger partial charge in [0.25, 0.3) is 0 Å². The quantitative estimate of drug-likeness (QED) is 0.248. The molecule has 0 radical (unpaired) electrons. The molecule has 0 fully saturated rings. The molecule has 0 bridgehead atoms. The van der Waals surface area contributed by atoms with Crippen molar-refractivity contribution in [2.24, 2.45) is 0 Å². The molecule has 3 aromatic carbocycles. The minimum Gasteiger partial charge on any atom is -0.266 e. The molecular weight excluding hydrogens is 474 g/mol. The zero-order valence-corrected chi connectivity index (χ0v) is 20.7. The fourth-order valence-corrected chi connectivity index (χ4v) is 6.32. The first-order chi connectivity index (χ1) is 17.1. The van der Waals surface area contributed by atoms with Crippen LogP contribution < -0.4 is 0 Å². The highest BCUT2D eigenvalue weighted by molar-refractivity contribution is 7.89. The number of thiophene rings is 1. The molecule has 5 aromatic rings. The van der Waals surface area contributed by atoms with Gasteiger partial charge < -0.3 is 0 Å². The SMILES string of the molecule is O=S(=O)(c1cn(Cc2ccccc2)nc1-c1cccs1)N(Cc1ccccc1)Cc1ccccc1. The Morgan fingerprint density at radius 3 is 1.77 bits per heavy atom. The second-order valence-corrected chi connectivity index (χ2v) is 11.1. The van der Waals surface area contributed by atoms with E-state index < -0.39 is 10.0 Å². The van der Waals surface area contributed by atoms with Crippen LogP contribution in [0.2, 0.25) is 0 Å². The van der Waals surface area contributed by atoms with Gasteiger partial charge in [-0.2, -0.15) is 9.40 Å². The lowest BCUT2D eigenvalue weighted by atomic mass is 10.2. The summed E-state index contributed by atoms with van der Waals surface area (Å²) in [5, 5.41) is 6.67. The standard InChI is InChI=1S/C28H25N3O2S2/c32-35(33,31(20-24-13-6-2-7-14-24)21-25-15-8-3-9-16-25)27-22-30(19-23-11-4-1-5-12-23)29-28(27)26-17-10-18-34-26/h1-18,22H,19-21H2. The molecule has 2 aromatic heterocycles. The predicted octanol–water partition coefficient (Wildman–Crippen LogP) is 6.05. The molecule has 0 aliphatic heterocycles. The van der Waals surface area contributed by atoms with Crippen molar-refractivity contribution >= 4 is 21.4 Å². The highest BCUT2D eigenvalue weighted by Crippen LogP contribution is 2.33. The van der Waals surface area contributed by atoms with Crippen LogP contribution >= 0.6 is 11.3 Å². The van der Waals surface area contributed by atoms with Crippen LogP contribution in [0.3, 0.4) is 0 Å². The van der Waals surface area contributed by atoms with E-state index in [2.05, 4.69) is 0 Å². The Kier molecular flexibility index (Phi) is 6.90. The zero-order valence-electron chi connectivity index (χ0n) is 19.1. The first-order valence-corrected chi connectivity index (χ1v) is 13.6. The first kappa shape index (κ1) is 23.2. The Morgan fingerprint density at radius 2 is 1.26 bits per heavy atom. The molecule has 0 amide bonds. The summed E-state index contributed by atoms with van der Waals surface area (Å²) in [6, 6.07) is 33.1. The summed E-state index contributed by atoms with van der Waals surface area (Å²) in [4.78, 5) is 1.05. The van der Waals surface area contributed by atoms with Gasteiger partial charge in [0, 0.05) is 19.3 Å². The van der Waals surface area contributed by atoms with Gasteiger partial charge in [0.1, 0.15) is 10.6 Å². The van der Waals surface area contributed by atoms with E-state index in [0.29, 0.717) is 12.2 Å². The number of hydrogen-bond acceptors (Lipinski definition) is 4. The van der Waals surface area contributed by atoms with Crippen LogP contribution in [0, 0.1) is 0 Å². The van der Waals surface area contributed by atoms with Crippen LogP contribution in [-0.4, -0.2) is 22.5 Å². The van der Waals surface area contributed by atoms with Crippen molar-refractivity contribution in [1.82, 2.24) is 14.1 Å². The van der Waals surface area contributed by atoms with E-state index in [9.17, 15) is 8.42 Å². The Hall–Kier alpha value is -3.52. The Labute approximate surface area is 210 Å². The maximum absolute atomic E-state index is 14.2. The van der Waals surface area contributed by atoms with Crippen LogP contribution in [0.4, 0.5) is 0 Å². The van der Waals surface area contributed by atoms with Crippen molar-refractivity contribution in [3.8, 4) is 10.6 Å². The van der Waals surface area contributed by atoms with Crippen molar-refractivity contribution in [3.63, 3.8) is 0 Å². The summed E-state index contributed by atoms with van der Waals surface area (Å²) >= 11 is 1.49. The Balaban J connectivity index is 1.57. The van der Waals surface area contributed by atoms with Crippen molar-refractivity contribution in [1.29, 1.82) is 0 Å². The Bertz CT molecular complexity index is 1420. The summed E-state index contributed by atoms with van der Waals surface area (Å²) in [5.41, 5.74) is 3.41. The van der Waals surface area contributed by atoms with Crippen molar-refractivity contribution in [2.75, 3.05) is 0 Å². The number of benzene rings is 3. The number of hydrogen-bond donors (Lipinski definition) is 0. The molecule has 0 saturated heterocycles. The predicted molar refractivity (Wildman–Crippen MR) is 140 cm³/mol. The second kappa shape index (κ2) is 10.4. The van der Waals surface area contributed by atoms with E-state index in [-0.39, 0.29) is 18.0 Å². The van der Waals surface area contributed by atoms with Gasteiger partial charge in [0.15, 0.2) is 0 Å². The van der Waals surface area contributed by atoms with Crippen LogP contribution in [0.1, 0.15) is 16.7 Å². The summed E-state index contributed by atoms with van der Waals surface area (Å²) < 4.78 is 31.7. The van der Waals surface area contributed by atoms with E-state index in [1.54, 1.807) is 15.2 Å². The van der Waals surface area contributed by atoms with Gasteiger partial charge in [-0.15, -0.1) is 11.3 Å². The van der Waals surface area contributed by atoms with Crippen LogP contribution in [0.25, 0.3) is 10.6 Å². The zero-order chi connectivity index (χ0) is 24.1. The number of aromatic nitrogens is 2. The maximum Gasteiger partial charge on any atom is 0.247 e. The number of rotatable bonds is 9. The molecule has 5 rings (SSSR count). The molecular formula is C28H25N3O2S2. The molecule has 0 saturated carbocycles. The molecule has 0 unspecified atom stereocenters. The topological polar surface area (TPSA) is 55.2 Å². The molecule has 35 heavy (non-hydrogen) atoms. The summed E-state index contributed by atoms with van der Waals surface area (Å²) in [5.74, 6) is 0. The molecule has 0 aliphatic carbocycles. The fourth-order valence-electron chi connectivity index (χ4n) is 3.97. The van der Waals surface area contributed by atoms with Gasteiger partial charge in [-0.3, -0.25) is 4.68 Å². The molecule has 7 heteroatoms. The van der Waals surface area contributed by atoms with E-state index in [4.69, 9.17) is 5.10 Å². The molecule has 0 atom stereocenters. The number of sulfonamides is 1. The van der Waals surface area contributed by atoms with Crippen LogP contribution in [0.5, 0.6) is 0 Å². The van der Waals surface area contributed by atoms with Crippen molar-refractivity contribution < 1.29 is 8.42 Å². The van der Waals surface area contributed by atoms with Crippen molar-refractivity contribution in [3.05, 3.63) is 131 Å². The van der Waals surface area contributed by atoms with Crippen LogP contribution in [0.15, 0.2) is 120 Å². The van der Waals surface area contributed by atoms with Gasteiger partial charge in [-0.05, 0) is 28.1 Å². The molecule has 0 aliphatic rings. The van der Waals surface area contributed by atoms with Gasteiger partial charge in [0.05, 0.1) is 11.4 Å². The third-order valence-corrected chi connectivity index (χ3v) is 8.36. The lowest BCUT2D eigenvalue weighted by Crippen LogP contribution is -2.30. The summed E-state index contributed by atoms with van der Waals surface area (Å²) in [6.45, 7) is 1.03. The van der Waals surface area contributed by atoms with E-state index in [1.807, 2.05) is 109 Å². The lowest BCUT2D eigenvalue weighted by molar-refractivity contribution is 0.401. The van der Waals surface area contributed by atoms with E-state index >= 15 is 0 Å². The van der Waals surface area contributed by atoms with Gasteiger partial charge in [-0.25, -0.2) is 8.42 Å². The monoisotopic (exact) mass is 499 g/mol. The molecule has 0 spiro atoms. The van der Waals surface area contributed by atoms with Crippen LogP contribution in [-0.2, 0) is 29.7 Å². The summed E-state index contributed by atoms with van der Waals surface area (Å²) in [6.07, 6.45) is 1.67. The third kappa shape index (κ3) is 5.43. The minimum absolute atomic E-state index is 0.225. The molecule has 0 N–H and O–H groups in total. The largest absolute Gasteiger partial charge is 0.266 e. The smallest absolute Gasteiger partial charge is 0.247 e. The summed E-state index contributed by atoms with van der Waals surface area (Å²) in [7, 11) is -3.87. The number of nitrogens with zero attached hydrogens (tertiary/aromatic N) is 3. The Morgan fingerprint density at radius 1 is 0.714 bits per heavy atom. The fraction of sp³-hybridized carbons (Fsp3) is 0.107. The van der Waals surface area contributed by atoms with Crippen molar-refractivity contribution in [2.45, 2.75) is 24.5 Å². The van der Waals surface area contributed by atoms with Gasteiger partial charge in [-0.1, -0.05) is 97.1 Å². The van der Waals surface area contributed by atoms with Gasteiger partial charge in [0.2, 0.25) is 10.0 Å². The normalized spacial score (nSPS) is 11.7. The molecule has 2 heterocycles. The molecule has 5 nitrogen and oxygen atoms in total.